The summed E-state index contributed by atoms with van der Waals surface area (Å²) < 4.78 is 37.6. The number of hydrogen-bond acceptors (Lipinski definition) is 4. The van der Waals surface area contributed by atoms with Gasteiger partial charge in [0.2, 0.25) is 0 Å². The summed E-state index contributed by atoms with van der Waals surface area (Å²) in [5.41, 5.74) is 1.66. The molecule has 3 aromatic rings. The molecule has 31 heavy (non-hydrogen) atoms. The van der Waals surface area contributed by atoms with Crippen LogP contribution in [0.5, 0.6) is 0 Å². The van der Waals surface area contributed by atoms with Crippen LogP contribution in [0.2, 0.25) is 0 Å². The van der Waals surface area contributed by atoms with E-state index in [2.05, 4.69) is 21.9 Å². The molecule has 2 aromatic heterocycles. The fourth-order valence-corrected chi connectivity index (χ4v) is 2.87. The number of carbonyl (C=O) groups is 1. The van der Waals surface area contributed by atoms with Crippen molar-refractivity contribution in [2.24, 2.45) is 0 Å². The number of aromatic nitrogens is 3. The molecule has 0 aliphatic carbocycles. The van der Waals surface area contributed by atoms with Gasteiger partial charge >= 0.3 is 6.30 Å². The number of pyridine rings is 1. The Morgan fingerprint density at radius 2 is 1.87 bits per heavy atom. The van der Waals surface area contributed by atoms with Gasteiger partial charge in [0.1, 0.15) is 0 Å². The molecule has 1 amide bonds. The number of aliphatic hydroxyl groups is 1. The molecule has 0 radical (unpaired) electrons. The molecule has 0 saturated carbocycles. The number of alkyl halides is 3. The van der Waals surface area contributed by atoms with Gasteiger partial charge in [0.25, 0.3) is 5.91 Å². The van der Waals surface area contributed by atoms with E-state index in [1.165, 1.54) is 23.4 Å². The van der Waals surface area contributed by atoms with Gasteiger partial charge in [0, 0.05) is 44.2 Å². The van der Waals surface area contributed by atoms with E-state index in [1.54, 1.807) is 7.05 Å². The molecule has 9 heteroatoms. The summed E-state index contributed by atoms with van der Waals surface area (Å²) in [5, 5.41) is 13.5. The third-order valence-corrected chi connectivity index (χ3v) is 4.32. The highest BCUT2D eigenvalue weighted by atomic mass is 19.4. The molecule has 0 spiro atoms. The Morgan fingerprint density at radius 3 is 2.55 bits per heavy atom. The van der Waals surface area contributed by atoms with Gasteiger partial charge in [-0.25, -0.2) is 0 Å². The van der Waals surface area contributed by atoms with Crippen LogP contribution in [0.1, 0.15) is 27.0 Å². The van der Waals surface area contributed by atoms with E-state index < -0.39 is 12.4 Å². The lowest BCUT2D eigenvalue weighted by Crippen LogP contribution is -2.35. The first-order valence-corrected chi connectivity index (χ1v) is 9.29. The first-order chi connectivity index (χ1) is 14.7. The van der Waals surface area contributed by atoms with Gasteiger partial charge in [0.05, 0.1) is 23.4 Å². The largest absolute Gasteiger partial charge is 0.504 e. The van der Waals surface area contributed by atoms with Crippen LogP contribution >= 0.6 is 0 Å². The second-order valence-corrected chi connectivity index (χ2v) is 6.88. The minimum absolute atomic E-state index is 0.0789. The highest BCUT2D eigenvalue weighted by molar-refractivity contribution is 5.94. The summed E-state index contributed by atoms with van der Waals surface area (Å²) in [6, 6.07) is 10.9. The normalized spacial score (nSPS) is 12.0. The molecule has 0 fully saturated rings. The maximum Gasteiger partial charge on any atom is 0.504 e. The summed E-state index contributed by atoms with van der Waals surface area (Å²) in [4.78, 5) is 18.0. The molecule has 1 atom stereocenters. The maximum atomic E-state index is 12.7. The van der Waals surface area contributed by atoms with Crippen molar-refractivity contribution < 1.29 is 23.1 Å². The number of amides is 1. The van der Waals surface area contributed by atoms with Crippen LogP contribution in [-0.2, 0) is 12.7 Å². The topological polar surface area (TPSA) is 71.2 Å². The Labute approximate surface area is 177 Å². The summed E-state index contributed by atoms with van der Waals surface area (Å²) in [6.07, 6.45) is -0.380. The second-order valence-electron chi connectivity index (χ2n) is 6.88. The summed E-state index contributed by atoms with van der Waals surface area (Å²) >= 11 is 0. The van der Waals surface area contributed by atoms with E-state index in [4.69, 9.17) is 0 Å². The Morgan fingerprint density at radius 1 is 1.16 bits per heavy atom. The minimum Gasteiger partial charge on any atom is -0.391 e. The summed E-state index contributed by atoms with van der Waals surface area (Å²) in [6.45, 7) is 0.125. The van der Waals surface area contributed by atoms with Gasteiger partial charge in [-0.05, 0) is 11.6 Å². The molecule has 0 saturated heterocycles. The van der Waals surface area contributed by atoms with E-state index in [9.17, 15) is 23.1 Å². The van der Waals surface area contributed by atoms with E-state index in [0.717, 1.165) is 18.0 Å². The van der Waals surface area contributed by atoms with Gasteiger partial charge in [-0.1, -0.05) is 42.2 Å². The van der Waals surface area contributed by atoms with Crippen LogP contribution in [0.3, 0.4) is 0 Å². The van der Waals surface area contributed by atoms with Gasteiger partial charge in [-0.2, -0.15) is 9.78 Å². The zero-order chi connectivity index (χ0) is 22.4. The smallest absolute Gasteiger partial charge is 0.391 e. The number of hydrogen-bond donors (Lipinski definition) is 1. The average molecular weight is 428 g/mol. The lowest BCUT2D eigenvalue weighted by Gasteiger charge is -2.21. The molecule has 160 valence electrons. The molecule has 0 bridgehead atoms. The van der Waals surface area contributed by atoms with Crippen LogP contribution in [0.4, 0.5) is 13.2 Å². The van der Waals surface area contributed by atoms with Gasteiger partial charge < -0.3 is 10.0 Å². The first kappa shape index (κ1) is 22.1. The Bertz CT molecular complexity index is 1100. The molecule has 2 heterocycles. The van der Waals surface area contributed by atoms with Crippen LogP contribution in [0.25, 0.3) is 0 Å². The highest BCUT2D eigenvalue weighted by Gasteiger charge is 2.31. The fraction of sp³-hybridized carbons (Fsp3) is 0.227. The first-order valence-electron chi connectivity index (χ1n) is 9.29. The fourth-order valence-electron chi connectivity index (χ4n) is 2.87. The maximum absolute atomic E-state index is 12.7. The van der Waals surface area contributed by atoms with Crippen molar-refractivity contribution in [3.63, 3.8) is 0 Å². The van der Waals surface area contributed by atoms with Crippen molar-refractivity contribution in [2.45, 2.75) is 18.8 Å². The number of nitrogens with zero attached hydrogens (tertiary/aromatic N) is 4. The minimum atomic E-state index is -4.61. The molecule has 1 aromatic carbocycles. The lowest BCUT2D eigenvalue weighted by atomic mass is 10.1. The highest BCUT2D eigenvalue weighted by Crippen LogP contribution is 2.20. The van der Waals surface area contributed by atoms with E-state index in [0.29, 0.717) is 12.0 Å². The molecule has 1 unspecified atom stereocenters. The van der Waals surface area contributed by atoms with Crippen molar-refractivity contribution in [1.82, 2.24) is 19.7 Å². The monoisotopic (exact) mass is 428 g/mol. The summed E-state index contributed by atoms with van der Waals surface area (Å²) in [5.74, 6) is 4.90. The zero-order valence-corrected chi connectivity index (χ0v) is 16.5. The SMILES string of the molecule is CN(CC(O)Cc1ccccc1)C(=O)c1cncc(C#Cc2cnn(C(F)(F)F)c2)c1. The van der Waals surface area contributed by atoms with Crippen LogP contribution in [-0.4, -0.2) is 50.4 Å². The van der Waals surface area contributed by atoms with Crippen molar-refractivity contribution >= 4 is 5.91 Å². The van der Waals surface area contributed by atoms with Crippen molar-refractivity contribution in [2.75, 3.05) is 13.6 Å². The Hall–Kier alpha value is -3.64. The molecule has 6 nitrogen and oxygen atoms in total. The predicted octanol–water partition coefficient (Wildman–Crippen LogP) is 2.83. The predicted molar refractivity (Wildman–Crippen MR) is 107 cm³/mol. The Balaban J connectivity index is 1.65. The van der Waals surface area contributed by atoms with Crippen LogP contribution < -0.4 is 0 Å². The number of benzene rings is 1. The lowest BCUT2D eigenvalue weighted by molar-refractivity contribution is -0.212. The Kier molecular flexibility index (Phi) is 6.72. The standard InChI is InChI=1S/C22H19F3N4O2/c1-28(15-20(30)10-16-5-3-2-4-6-16)21(31)19-9-17(11-26-13-19)7-8-18-12-27-29(14-18)22(23,24)25/h2-6,9,11-14,20,30H,10,15H2,1H3. The van der Waals surface area contributed by atoms with E-state index >= 15 is 0 Å². The molecular weight excluding hydrogens is 409 g/mol. The number of carbonyl (C=O) groups excluding carboxylic acids is 1. The number of likely N-dealkylation sites (N-methyl/N-ethyl adjacent to an activating group) is 1. The van der Waals surface area contributed by atoms with Crippen molar-refractivity contribution in [3.05, 3.63) is 83.4 Å². The number of rotatable bonds is 5. The number of halogens is 3. The zero-order valence-electron chi connectivity index (χ0n) is 16.5. The van der Waals surface area contributed by atoms with Gasteiger partial charge in [-0.15, -0.1) is 13.2 Å². The van der Waals surface area contributed by atoms with E-state index in [-0.39, 0.29) is 28.3 Å². The molecule has 3 rings (SSSR count). The third kappa shape index (κ3) is 6.17. The quantitative estimate of drug-likeness (QED) is 0.635. The van der Waals surface area contributed by atoms with Gasteiger partial charge in [0.15, 0.2) is 0 Å². The summed E-state index contributed by atoms with van der Waals surface area (Å²) in [7, 11) is 1.57. The van der Waals surface area contributed by atoms with Crippen molar-refractivity contribution in [1.29, 1.82) is 0 Å². The van der Waals surface area contributed by atoms with E-state index in [1.807, 2.05) is 30.3 Å². The van der Waals surface area contributed by atoms with Crippen LogP contribution in [0, 0.1) is 11.8 Å². The number of aliphatic hydroxyl groups excluding tert-OH is 1. The molecule has 0 aliphatic heterocycles. The third-order valence-electron chi connectivity index (χ3n) is 4.32. The average Bonchev–Trinajstić information content (AvgIpc) is 3.22. The second kappa shape index (κ2) is 9.45. The van der Waals surface area contributed by atoms with Gasteiger partial charge in [-0.3, -0.25) is 9.78 Å². The molecule has 0 aliphatic rings. The molecule has 1 N–H and O–H groups in total. The molecular formula is C22H19F3N4O2. The van der Waals surface area contributed by atoms with Crippen molar-refractivity contribution in [3.8, 4) is 11.8 Å². The van der Waals surface area contributed by atoms with Crippen LogP contribution in [0.15, 0.2) is 61.2 Å².